The molecule has 9 nitrogen and oxygen atoms in total. The average Bonchev–Trinajstić information content (AvgIpc) is 3.31. The first kappa shape index (κ1) is 27.0. The molecule has 210 valence electrons. The number of aryl methyl sites for hydroxylation is 1. The number of anilines is 1. The van der Waals surface area contributed by atoms with Gasteiger partial charge in [0.05, 0.1) is 24.9 Å². The molecule has 2 N–H and O–H groups in total. The lowest BCUT2D eigenvalue weighted by Gasteiger charge is -2.41. The van der Waals surface area contributed by atoms with E-state index in [0.29, 0.717) is 32.5 Å². The number of likely N-dealkylation sites (tertiary alicyclic amines) is 1. The van der Waals surface area contributed by atoms with Crippen molar-refractivity contribution in [3.05, 3.63) is 69.8 Å². The van der Waals surface area contributed by atoms with Crippen LogP contribution in [0.5, 0.6) is 0 Å². The van der Waals surface area contributed by atoms with Gasteiger partial charge in [0.2, 0.25) is 5.91 Å². The zero-order valence-corrected chi connectivity index (χ0v) is 24.0. The number of amides is 2. The van der Waals surface area contributed by atoms with Crippen molar-refractivity contribution in [3.63, 3.8) is 0 Å². The van der Waals surface area contributed by atoms with Crippen LogP contribution in [0, 0.1) is 0 Å². The SMILES string of the molecule is O=C(O)N1CCc2c(c(-c3ccc(Br)cc3)nn2CC(O)CN2CCC(N3C(=O)CCc4ccccc43)CC2)C1. The minimum Gasteiger partial charge on any atom is -0.465 e. The number of para-hydroxylation sites is 1. The van der Waals surface area contributed by atoms with Crippen molar-refractivity contribution in [2.45, 2.75) is 57.3 Å². The second-order valence-corrected chi connectivity index (χ2v) is 11.9. The highest BCUT2D eigenvalue weighted by molar-refractivity contribution is 9.10. The van der Waals surface area contributed by atoms with Crippen molar-refractivity contribution in [1.82, 2.24) is 19.6 Å². The van der Waals surface area contributed by atoms with Gasteiger partial charge in [0.15, 0.2) is 0 Å². The van der Waals surface area contributed by atoms with E-state index in [-0.39, 0.29) is 18.5 Å². The molecule has 0 saturated carbocycles. The van der Waals surface area contributed by atoms with Crippen LogP contribution in [0.25, 0.3) is 11.3 Å². The summed E-state index contributed by atoms with van der Waals surface area (Å²) in [5, 5.41) is 25.6. The van der Waals surface area contributed by atoms with E-state index in [9.17, 15) is 19.8 Å². The number of hydrogen-bond donors (Lipinski definition) is 2. The third-order valence-electron chi connectivity index (χ3n) is 8.43. The van der Waals surface area contributed by atoms with E-state index in [0.717, 1.165) is 65.0 Å². The molecule has 40 heavy (non-hydrogen) atoms. The van der Waals surface area contributed by atoms with Crippen LogP contribution >= 0.6 is 15.9 Å². The summed E-state index contributed by atoms with van der Waals surface area (Å²) in [6.45, 7) is 3.23. The second-order valence-electron chi connectivity index (χ2n) is 11.0. The van der Waals surface area contributed by atoms with Gasteiger partial charge >= 0.3 is 6.09 Å². The monoisotopic (exact) mass is 607 g/mol. The molecule has 1 saturated heterocycles. The Hall–Kier alpha value is -3.21. The van der Waals surface area contributed by atoms with Gasteiger partial charge in [-0.1, -0.05) is 46.3 Å². The summed E-state index contributed by atoms with van der Waals surface area (Å²) in [5.74, 6) is 0.212. The van der Waals surface area contributed by atoms with Crippen LogP contribution in [-0.2, 0) is 30.7 Å². The summed E-state index contributed by atoms with van der Waals surface area (Å²) in [6.07, 6.45) is 2.15. The minimum atomic E-state index is -0.932. The lowest BCUT2D eigenvalue weighted by Crippen LogP contribution is -2.50. The van der Waals surface area contributed by atoms with Crippen molar-refractivity contribution in [2.75, 3.05) is 31.1 Å². The molecule has 6 rings (SSSR count). The topological polar surface area (TPSA) is 102 Å². The molecule has 0 spiro atoms. The van der Waals surface area contributed by atoms with Gasteiger partial charge < -0.3 is 24.9 Å². The number of aromatic nitrogens is 2. The Morgan fingerprint density at radius 3 is 2.50 bits per heavy atom. The molecule has 3 aliphatic heterocycles. The Kier molecular flexibility index (Phi) is 7.65. The van der Waals surface area contributed by atoms with Gasteiger partial charge in [-0.2, -0.15) is 5.10 Å². The van der Waals surface area contributed by atoms with Crippen LogP contribution in [0.15, 0.2) is 53.0 Å². The predicted molar refractivity (Wildman–Crippen MR) is 155 cm³/mol. The van der Waals surface area contributed by atoms with Gasteiger partial charge in [0.25, 0.3) is 0 Å². The van der Waals surface area contributed by atoms with Crippen LogP contribution in [0.3, 0.4) is 0 Å². The standard InChI is InChI=1S/C30H34BrN5O4/c31-22-8-5-21(6-9-22)29-25-19-34(30(39)40)16-13-27(25)35(32-29)18-24(37)17-33-14-11-23(12-15-33)36-26-4-2-1-3-20(26)7-10-28(36)38/h1-6,8-9,23-24,37H,7,10-19H2,(H,39,40). The second kappa shape index (κ2) is 11.3. The highest BCUT2D eigenvalue weighted by Gasteiger charge is 2.33. The Balaban J connectivity index is 1.12. The highest BCUT2D eigenvalue weighted by Crippen LogP contribution is 2.33. The van der Waals surface area contributed by atoms with Gasteiger partial charge in [-0.25, -0.2) is 4.79 Å². The van der Waals surface area contributed by atoms with E-state index in [1.165, 1.54) is 10.5 Å². The molecule has 1 aromatic heterocycles. The molecule has 1 atom stereocenters. The van der Waals surface area contributed by atoms with Crippen LogP contribution in [0.4, 0.5) is 10.5 Å². The number of aliphatic hydroxyl groups is 1. The van der Waals surface area contributed by atoms with Gasteiger partial charge in [-0.15, -0.1) is 0 Å². The molecule has 0 radical (unpaired) electrons. The number of piperidine rings is 1. The van der Waals surface area contributed by atoms with Crippen molar-refractivity contribution < 1.29 is 19.8 Å². The lowest BCUT2D eigenvalue weighted by atomic mass is 9.95. The quantitative estimate of drug-likeness (QED) is 0.436. The highest BCUT2D eigenvalue weighted by atomic mass is 79.9. The number of nitrogens with zero attached hydrogens (tertiary/aromatic N) is 5. The van der Waals surface area contributed by atoms with E-state index in [4.69, 9.17) is 5.10 Å². The van der Waals surface area contributed by atoms with Crippen LogP contribution < -0.4 is 4.90 Å². The first-order valence-corrected chi connectivity index (χ1v) is 14.8. The summed E-state index contributed by atoms with van der Waals surface area (Å²) in [5.41, 5.74) is 5.91. The Morgan fingerprint density at radius 2 is 1.75 bits per heavy atom. The number of hydrogen-bond acceptors (Lipinski definition) is 5. The zero-order valence-electron chi connectivity index (χ0n) is 22.4. The molecule has 1 unspecified atom stereocenters. The fourth-order valence-electron chi connectivity index (χ4n) is 6.41. The molecular formula is C30H34BrN5O4. The maximum absolute atomic E-state index is 12.8. The van der Waals surface area contributed by atoms with Crippen LogP contribution in [0.1, 0.15) is 36.1 Å². The summed E-state index contributed by atoms with van der Waals surface area (Å²) in [4.78, 5) is 30.2. The zero-order chi connectivity index (χ0) is 27.8. The van der Waals surface area contributed by atoms with Crippen molar-refractivity contribution >= 4 is 33.6 Å². The predicted octanol–water partition coefficient (Wildman–Crippen LogP) is 4.15. The number of carbonyl (C=O) groups is 2. The van der Waals surface area contributed by atoms with E-state index < -0.39 is 12.2 Å². The van der Waals surface area contributed by atoms with Crippen molar-refractivity contribution in [1.29, 1.82) is 0 Å². The fraction of sp³-hybridized carbons (Fsp3) is 0.433. The molecule has 0 bridgehead atoms. The number of halogens is 1. The molecule has 4 heterocycles. The van der Waals surface area contributed by atoms with E-state index in [1.807, 2.05) is 46.0 Å². The molecule has 2 amide bonds. The number of fused-ring (bicyclic) bond motifs is 2. The molecule has 3 aliphatic rings. The first-order valence-electron chi connectivity index (χ1n) is 14.0. The molecule has 2 aromatic carbocycles. The maximum atomic E-state index is 12.8. The molecule has 1 fully saturated rings. The van der Waals surface area contributed by atoms with Gasteiger partial charge in [0, 0.05) is 72.0 Å². The largest absolute Gasteiger partial charge is 0.465 e. The number of carbonyl (C=O) groups excluding carboxylic acids is 1. The van der Waals surface area contributed by atoms with Crippen molar-refractivity contribution in [3.8, 4) is 11.3 Å². The number of benzene rings is 2. The normalized spacial score (nSPS) is 18.9. The maximum Gasteiger partial charge on any atom is 0.407 e. The van der Waals surface area contributed by atoms with Crippen molar-refractivity contribution in [2.24, 2.45) is 0 Å². The Bertz CT molecular complexity index is 1400. The number of rotatable bonds is 6. The smallest absolute Gasteiger partial charge is 0.407 e. The average molecular weight is 609 g/mol. The van der Waals surface area contributed by atoms with Gasteiger partial charge in [-0.05, 0) is 43.0 Å². The van der Waals surface area contributed by atoms with E-state index in [2.05, 4.69) is 33.0 Å². The Labute approximate surface area is 242 Å². The first-order chi connectivity index (χ1) is 19.4. The summed E-state index contributed by atoms with van der Waals surface area (Å²) in [7, 11) is 0. The Morgan fingerprint density at radius 1 is 1.00 bits per heavy atom. The molecule has 10 heteroatoms. The molecular weight excluding hydrogens is 574 g/mol. The van der Waals surface area contributed by atoms with Gasteiger partial charge in [-0.3, -0.25) is 9.48 Å². The van der Waals surface area contributed by atoms with Crippen LogP contribution in [0.2, 0.25) is 0 Å². The fourth-order valence-corrected chi connectivity index (χ4v) is 6.68. The molecule has 3 aromatic rings. The third-order valence-corrected chi connectivity index (χ3v) is 8.95. The number of aliphatic hydroxyl groups excluding tert-OH is 1. The van der Waals surface area contributed by atoms with Crippen LogP contribution in [-0.4, -0.2) is 80.1 Å². The number of carboxylic acid groups (broad SMARTS) is 1. The number of β-amino-alcohol motifs (C(OH)–C–C–N with tert-alkyl or cyclic N) is 1. The third kappa shape index (κ3) is 5.40. The molecule has 0 aliphatic carbocycles. The minimum absolute atomic E-state index is 0.186. The van der Waals surface area contributed by atoms with E-state index in [1.54, 1.807) is 0 Å². The summed E-state index contributed by atoms with van der Waals surface area (Å²) in [6, 6.07) is 16.3. The van der Waals surface area contributed by atoms with E-state index >= 15 is 0 Å². The lowest BCUT2D eigenvalue weighted by molar-refractivity contribution is -0.119. The summed E-state index contributed by atoms with van der Waals surface area (Å²) < 4.78 is 2.84. The summed E-state index contributed by atoms with van der Waals surface area (Å²) >= 11 is 3.47. The van der Waals surface area contributed by atoms with Gasteiger partial charge in [0.1, 0.15) is 0 Å².